The summed E-state index contributed by atoms with van der Waals surface area (Å²) in [5.74, 6) is 0.688. The second-order valence-electron chi connectivity index (χ2n) is 7.98. The average Bonchev–Trinajstić information content (AvgIpc) is 3.54. The summed E-state index contributed by atoms with van der Waals surface area (Å²) in [5.41, 5.74) is 1.98. The van der Waals surface area contributed by atoms with Crippen molar-refractivity contribution < 1.29 is 13.9 Å². The molecule has 0 spiro atoms. The van der Waals surface area contributed by atoms with Gasteiger partial charge in [0.25, 0.3) is 5.91 Å². The fourth-order valence-corrected chi connectivity index (χ4v) is 4.01. The maximum Gasteiger partial charge on any atom is 0.287 e. The quantitative estimate of drug-likeness (QED) is 0.434. The highest BCUT2D eigenvalue weighted by molar-refractivity contribution is 5.91. The van der Waals surface area contributed by atoms with Crippen LogP contribution in [0.3, 0.4) is 0 Å². The van der Waals surface area contributed by atoms with Gasteiger partial charge in [0, 0.05) is 17.8 Å². The predicted molar refractivity (Wildman–Crippen MR) is 126 cm³/mol. The number of hydrogen-bond donors (Lipinski definition) is 1. The number of amides is 1. The summed E-state index contributed by atoms with van der Waals surface area (Å²) in [4.78, 5) is 16.8. The molecule has 166 valence electrons. The average molecular weight is 441 g/mol. The Morgan fingerprint density at radius 1 is 1.18 bits per heavy atom. The van der Waals surface area contributed by atoms with Gasteiger partial charge in [-0.15, -0.1) is 0 Å². The number of nitrogens with one attached hydrogen (secondary N) is 1. The number of benzene rings is 2. The first-order chi connectivity index (χ1) is 16.2. The lowest BCUT2D eigenvalue weighted by molar-refractivity contribution is 0.0854. The molecule has 1 aliphatic heterocycles. The zero-order valence-corrected chi connectivity index (χ0v) is 18.2. The smallest absolute Gasteiger partial charge is 0.287 e. The van der Waals surface area contributed by atoms with Crippen molar-refractivity contribution in [2.75, 3.05) is 0 Å². The van der Waals surface area contributed by atoms with Crippen LogP contribution in [0.4, 0.5) is 0 Å². The molecule has 7 nitrogen and oxygen atoms in total. The Morgan fingerprint density at radius 2 is 2.06 bits per heavy atom. The number of nitrogens with zero attached hydrogens (tertiary/aromatic N) is 3. The molecule has 4 aromatic rings. The number of aliphatic imine (C=N–C) groups is 1. The molecule has 33 heavy (non-hydrogen) atoms. The van der Waals surface area contributed by atoms with Crippen LogP contribution >= 0.6 is 0 Å². The highest BCUT2D eigenvalue weighted by Crippen LogP contribution is 2.29. The summed E-state index contributed by atoms with van der Waals surface area (Å²) in [6.07, 6.45) is 9.55. The molecule has 0 saturated carbocycles. The van der Waals surface area contributed by atoms with Gasteiger partial charge in [-0.25, -0.2) is 0 Å². The minimum absolute atomic E-state index is 0.105. The molecular weight excluding hydrogens is 416 g/mol. The van der Waals surface area contributed by atoms with Crippen LogP contribution in [0.2, 0.25) is 0 Å². The van der Waals surface area contributed by atoms with E-state index in [0.717, 1.165) is 22.9 Å². The van der Waals surface area contributed by atoms with Gasteiger partial charge in [-0.3, -0.25) is 14.5 Å². The first-order valence-electron chi connectivity index (χ1n) is 10.9. The van der Waals surface area contributed by atoms with E-state index < -0.39 is 6.10 Å². The highest BCUT2D eigenvalue weighted by Gasteiger charge is 2.25. The summed E-state index contributed by atoms with van der Waals surface area (Å²) in [6.45, 7) is 1.92. The molecule has 2 aromatic heterocycles. The van der Waals surface area contributed by atoms with E-state index in [1.165, 1.54) is 6.26 Å². The third kappa shape index (κ3) is 4.43. The SMILES string of the molecule is C[C@H](NC(=O)c1ccco1)[C@H](Oc1ccc2c(cnn2C2C=NC=CC2)c1)c1ccccc1. The zero-order chi connectivity index (χ0) is 22.6. The van der Waals surface area contributed by atoms with Gasteiger partial charge in [0.2, 0.25) is 0 Å². The first kappa shape index (κ1) is 20.8. The summed E-state index contributed by atoms with van der Waals surface area (Å²) in [5, 5.41) is 8.54. The van der Waals surface area contributed by atoms with Crippen LogP contribution in [0.15, 0.2) is 94.8 Å². The summed E-state index contributed by atoms with van der Waals surface area (Å²) >= 11 is 0. The maximum absolute atomic E-state index is 12.5. The van der Waals surface area contributed by atoms with Crippen LogP contribution in [0.1, 0.15) is 41.6 Å². The van der Waals surface area contributed by atoms with Gasteiger partial charge in [0.15, 0.2) is 5.76 Å². The molecule has 1 aliphatic rings. The van der Waals surface area contributed by atoms with E-state index in [2.05, 4.69) is 15.4 Å². The van der Waals surface area contributed by atoms with Crippen LogP contribution in [0.25, 0.3) is 10.9 Å². The first-order valence-corrected chi connectivity index (χ1v) is 10.9. The lowest BCUT2D eigenvalue weighted by Gasteiger charge is -2.26. The van der Waals surface area contributed by atoms with Crippen molar-refractivity contribution in [1.29, 1.82) is 0 Å². The Labute approximate surface area is 191 Å². The van der Waals surface area contributed by atoms with E-state index in [9.17, 15) is 4.79 Å². The molecule has 0 bridgehead atoms. The number of carbonyl (C=O) groups excluding carboxylic acids is 1. The van der Waals surface area contributed by atoms with Gasteiger partial charge in [0.1, 0.15) is 11.9 Å². The molecule has 0 aliphatic carbocycles. The molecule has 1 amide bonds. The third-order valence-corrected chi connectivity index (χ3v) is 5.66. The van der Waals surface area contributed by atoms with Crippen molar-refractivity contribution in [3.63, 3.8) is 0 Å². The van der Waals surface area contributed by atoms with Gasteiger partial charge >= 0.3 is 0 Å². The molecule has 3 atom stereocenters. The lowest BCUT2D eigenvalue weighted by Crippen LogP contribution is -2.39. The fraction of sp³-hybridized carbons (Fsp3) is 0.192. The van der Waals surface area contributed by atoms with Crippen molar-refractivity contribution in [2.45, 2.75) is 31.5 Å². The van der Waals surface area contributed by atoms with Crippen LogP contribution in [-0.4, -0.2) is 27.9 Å². The van der Waals surface area contributed by atoms with E-state index >= 15 is 0 Å². The van der Waals surface area contributed by atoms with Crippen molar-refractivity contribution in [3.8, 4) is 5.75 Å². The van der Waals surface area contributed by atoms with Crippen molar-refractivity contribution in [1.82, 2.24) is 15.1 Å². The summed E-state index contributed by atoms with van der Waals surface area (Å²) in [7, 11) is 0. The second-order valence-corrected chi connectivity index (χ2v) is 7.98. The monoisotopic (exact) mass is 440 g/mol. The number of ether oxygens (including phenoxy) is 1. The standard InChI is InChI=1S/C26H24N4O3/c1-18(29-26(31)24-10-6-14-32-24)25(19-7-3-2-4-8-19)33-22-11-12-23-20(15-22)16-28-30(23)21-9-5-13-27-17-21/h2-8,10-18,21,25H,9H2,1H3,(H,29,31)/t18-,21?,25-/m0/s1. The largest absolute Gasteiger partial charge is 0.484 e. The number of fused-ring (bicyclic) bond motifs is 1. The molecule has 5 rings (SSSR count). The number of aromatic nitrogens is 2. The molecule has 0 fully saturated rings. The summed E-state index contributed by atoms with van der Waals surface area (Å²) in [6, 6.07) is 18.9. The zero-order valence-electron chi connectivity index (χ0n) is 18.2. The second kappa shape index (κ2) is 9.16. The third-order valence-electron chi connectivity index (χ3n) is 5.66. The van der Waals surface area contributed by atoms with Crippen LogP contribution in [0.5, 0.6) is 5.75 Å². The van der Waals surface area contributed by atoms with Gasteiger partial charge in [-0.05, 0) is 49.2 Å². The molecule has 7 heteroatoms. The van der Waals surface area contributed by atoms with Gasteiger partial charge in [-0.1, -0.05) is 36.4 Å². The van der Waals surface area contributed by atoms with Crippen LogP contribution in [0, 0.1) is 0 Å². The van der Waals surface area contributed by atoms with E-state index in [1.54, 1.807) is 12.1 Å². The predicted octanol–water partition coefficient (Wildman–Crippen LogP) is 5.10. The number of carbonyl (C=O) groups is 1. The van der Waals surface area contributed by atoms with E-state index in [4.69, 9.17) is 9.15 Å². The van der Waals surface area contributed by atoms with E-state index in [-0.39, 0.29) is 23.8 Å². The maximum atomic E-state index is 12.5. The van der Waals surface area contributed by atoms with E-state index in [1.807, 2.05) is 84.8 Å². The number of furan rings is 1. The van der Waals surface area contributed by atoms with Crippen LogP contribution < -0.4 is 10.1 Å². The Kier molecular flexibility index (Phi) is 5.76. The van der Waals surface area contributed by atoms with Gasteiger partial charge in [0.05, 0.1) is 30.1 Å². The lowest BCUT2D eigenvalue weighted by atomic mass is 10.0. The fourth-order valence-electron chi connectivity index (χ4n) is 4.01. The number of rotatable bonds is 7. The molecular formula is C26H24N4O3. The molecule has 3 heterocycles. The van der Waals surface area contributed by atoms with Gasteiger partial charge < -0.3 is 14.5 Å². The topological polar surface area (TPSA) is 81.6 Å². The minimum Gasteiger partial charge on any atom is -0.484 e. The molecule has 2 aromatic carbocycles. The Balaban J connectivity index is 1.40. The molecule has 0 saturated heterocycles. The normalized spacial score (nSPS) is 17.1. The van der Waals surface area contributed by atoms with Crippen molar-refractivity contribution >= 4 is 23.0 Å². The summed E-state index contributed by atoms with van der Waals surface area (Å²) < 4.78 is 13.6. The highest BCUT2D eigenvalue weighted by atomic mass is 16.5. The van der Waals surface area contributed by atoms with Crippen molar-refractivity contribution in [3.05, 3.63) is 96.7 Å². The molecule has 1 N–H and O–H groups in total. The minimum atomic E-state index is -0.395. The van der Waals surface area contributed by atoms with E-state index in [0.29, 0.717) is 5.75 Å². The molecule has 1 unspecified atom stereocenters. The number of allylic oxidation sites excluding steroid dienone is 1. The molecule has 0 radical (unpaired) electrons. The Morgan fingerprint density at radius 3 is 2.82 bits per heavy atom. The Hall–Kier alpha value is -4.13. The Bertz CT molecular complexity index is 1290. The van der Waals surface area contributed by atoms with Crippen LogP contribution in [-0.2, 0) is 0 Å². The number of hydrogen-bond acceptors (Lipinski definition) is 5. The van der Waals surface area contributed by atoms with Gasteiger partial charge in [-0.2, -0.15) is 5.10 Å². The van der Waals surface area contributed by atoms with Crippen molar-refractivity contribution in [2.24, 2.45) is 4.99 Å².